The van der Waals surface area contributed by atoms with E-state index in [1.165, 1.54) is 51.4 Å². The first-order valence-corrected chi connectivity index (χ1v) is 10.1. The molecular formula is C16H24N2O2Se2. The maximum absolute atomic E-state index is 12.1. The van der Waals surface area contributed by atoms with Crippen LogP contribution in [0.1, 0.15) is 51.4 Å². The van der Waals surface area contributed by atoms with Gasteiger partial charge in [0.05, 0.1) is 0 Å². The van der Waals surface area contributed by atoms with E-state index in [9.17, 15) is 4.79 Å². The van der Waals surface area contributed by atoms with Gasteiger partial charge in [0, 0.05) is 0 Å². The van der Waals surface area contributed by atoms with E-state index in [0.29, 0.717) is 12.1 Å². The molecule has 2 radical (unpaired) electrons. The van der Waals surface area contributed by atoms with Crippen molar-refractivity contribution in [2.45, 2.75) is 63.5 Å². The monoisotopic (exact) mass is 436 g/mol. The van der Waals surface area contributed by atoms with E-state index in [1.807, 2.05) is 16.0 Å². The van der Waals surface area contributed by atoms with Crippen LogP contribution >= 0.6 is 0 Å². The molecular weight excluding hydrogens is 410 g/mol. The third kappa shape index (κ3) is 3.40. The van der Waals surface area contributed by atoms with Crippen LogP contribution in [0.15, 0.2) is 0 Å². The zero-order chi connectivity index (χ0) is 15.9. The minimum atomic E-state index is -0.458. The minimum absolute atomic E-state index is 0.241. The average Bonchev–Trinajstić information content (AvgIpc) is 3.18. The molecule has 6 unspecified atom stereocenters. The molecule has 122 valence electrons. The average molecular weight is 434 g/mol. The molecule has 4 aliphatic carbocycles. The third-order valence-corrected chi connectivity index (χ3v) is 6.77. The second-order valence-corrected chi connectivity index (χ2v) is 9.05. The van der Waals surface area contributed by atoms with E-state index < -0.39 is 4.81 Å². The van der Waals surface area contributed by atoms with Gasteiger partial charge in [-0.25, -0.2) is 0 Å². The molecule has 6 heteroatoms. The summed E-state index contributed by atoms with van der Waals surface area (Å²) in [4.78, 5) is 23.4. The number of amides is 2. The molecule has 0 saturated heterocycles. The quantitative estimate of drug-likeness (QED) is 0.678. The topological polar surface area (TPSA) is 63.4 Å². The Morgan fingerprint density at radius 1 is 0.818 bits per heavy atom. The Hall–Kier alpha value is -0.0210. The van der Waals surface area contributed by atoms with Crippen molar-refractivity contribution < 1.29 is 9.59 Å². The van der Waals surface area contributed by atoms with Gasteiger partial charge in [-0.3, -0.25) is 0 Å². The van der Waals surface area contributed by atoms with E-state index in [1.54, 1.807) is 0 Å². The predicted octanol–water partition coefficient (Wildman–Crippen LogP) is 2.19. The van der Waals surface area contributed by atoms with Crippen molar-refractivity contribution in [3.8, 4) is 0 Å². The summed E-state index contributed by atoms with van der Waals surface area (Å²) in [6.45, 7) is 0. The second kappa shape index (κ2) is 6.84. The zero-order valence-electron chi connectivity index (χ0n) is 12.8. The van der Waals surface area contributed by atoms with Crippen molar-refractivity contribution in [1.82, 2.24) is 4.90 Å². The summed E-state index contributed by atoms with van der Waals surface area (Å²) in [5, 5.41) is 0. The van der Waals surface area contributed by atoms with Crippen molar-refractivity contribution in [1.29, 1.82) is 0 Å². The number of rotatable bonds is 2. The van der Waals surface area contributed by atoms with Crippen LogP contribution < -0.4 is 5.73 Å². The number of hydrogen-bond acceptors (Lipinski definition) is 2. The molecule has 0 aromatic heterocycles. The summed E-state index contributed by atoms with van der Waals surface area (Å²) in [5.74, 6) is 3.51. The molecule has 4 aliphatic rings. The van der Waals surface area contributed by atoms with E-state index in [-0.39, 0.29) is 4.81 Å². The van der Waals surface area contributed by atoms with Gasteiger partial charge in [-0.05, 0) is 0 Å². The van der Waals surface area contributed by atoms with Crippen molar-refractivity contribution in [2.24, 2.45) is 29.4 Å². The van der Waals surface area contributed by atoms with Gasteiger partial charge in [0.25, 0.3) is 0 Å². The molecule has 0 aliphatic heterocycles. The molecule has 2 N–H and O–H groups in total. The van der Waals surface area contributed by atoms with Crippen LogP contribution in [0.4, 0.5) is 9.59 Å². The first-order valence-electron chi connectivity index (χ1n) is 8.41. The molecule has 4 saturated carbocycles. The molecule has 0 aromatic carbocycles. The van der Waals surface area contributed by atoms with Crippen LogP contribution in [-0.4, -0.2) is 58.6 Å². The van der Waals surface area contributed by atoms with E-state index in [0.717, 1.165) is 23.7 Å². The number of nitrogens with two attached hydrogens (primary N) is 1. The fourth-order valence-electron chi connectivity index (χ4n) is 5.62. The molecule has 4 fully saturated rings. The number of carbonyl (C=O) groups is 2. The summed E-state index contributed by atoms with van der Waals surface area (Å²) in [6.07, 6.45) is 11.0. The summed E-state index contributed by atoms with van der Waals surface area (Å²) < 4.78 is 0. The molecule has 2 amide bonds. The summed E-state index contributed by atoms with van der Waals surface area (Å²) in [5.41, 5.74) is 4.42. The van der Waals surface area contributed by atoms with E-state index in [4.69, 9.17) is 4.79 Å². The first-order chi connectivity index (χ1) is 10.5. The Labute approximate surface area is 148 Å². The number of fused-ring (bicyclic) bond motifs is 4. The number of primary amides is 1. The Bertz CT molecular complexity index is 427. The van der Waals surface area contributed by atoms with Crippen molar-refractivity contribution in [3.05, 3.63) is 0 Å². The van der Waals surface area contributed by atoms with Gasteiger partial charge in [0.1, 0.15) is 0 Å². The molecule has 0 aromatic rings. The standard InChI is InChI=1S/C15H22NOSe.CH2NOSe/c17-15(18)16(13-7-9-1-3-11(13)5-9)14-8-10-2-4-12(14)6-10;2-1(3)4/h9-14H,1-8H2;(H2,2,3). The van der Waals surface area contributed by atoms with Gasteiger partial charge in [-0.1, -0.05) is 0 Å². The van der Waals surface area contributed by atoms with Crippen molar-refractivity contribution in [2.75, 3.05) is 0 Å². The number of carbonyl (C=O) groups excluding carboxylic acids is 2. The van der Waals surface area contributed by atoms with Crippen molar-refractivity contribution >= 4 is 41.6 Å². The van der Waals surface area contributed by atoms with E-state index in [2.05, 4.69) is 26.6 Å². The van der Waals surface area contributed by atoms with Crippen LogP contribution in [0.2, 0.25) is 0 Å². The van der Waals surface area contributed by atoms with Crippen molar-refractivity contribution in [3.63, 3.8) is 0 Å². The normalized spacial score (nSPS) is 41.1. The summed E-state index contributed by atoms with van der Waals surface area (Å²) in [6, 6.07) is 1.17. The van der Waals surface area contributed by atoms with Gasteiger partial charge in [-0.2, -0.15) is 0 Å². The third-order valence-electron chi connectivity index (χ3n) is 6.33. The first kappa shape index (κ1) is 16.8. The van der Waals surface area contributed by atoms with Crippen LogP contribution in [0.25, 0.3) is 0 Å². The molecule has 4 rings (SSSR count). The Morgan fingerprint density at radius 3 is 1.45 bits per heavy atom. The van der Waals surface area contributed by atoms with Gasteiger partial charge < -0.3 is 0 Å². The van der Waals surface area contributed by atoms with E-state index >= 15 is 0 Å². The van der Waals surface area contributed by atoms with Gasteiger partial charge in [0.2, 0.25) is 0 Å². The van der Waals surface area contributed by atoms with Gasteiger partial charge >= 0.3 is 149 Å². The van der Waals surface area contributed by atoms with Crippen LogP contribution in [0.3, 0.4) is 0 Å². The molecule has 22 heavy (non-hydrogen) atoms. The Balaban J connectivity index is 0.000000325. The SMILES string of the molecule is NC(=O)[Se].O=C([Se])N(C1CC2CCC1C2)C1CC2CCC1C2. The number of nitrogens with zero attached hydrogens (tertiary/aromatic N) is 1. The summed E-state index contributed by atoms with van der Waals surface area (Å²) in [7, 11) is 0. The number of hydrogen-bond donors (Lipinski definition) is 1. The van der Waals surface area contributed by atoms with Crippen LogP contribution in [-0.2, 0) is 0 Å². The molecule has 0 spiro atoms. The maximum atomic E-state index is 12.1. The zero-order valence-corrected chi connectivity index (χ0v) is 16.2. The molecule has 0 heterocycles. The molecule has 4 bridgehead atoms. The molecule has 6 atom stereocenters. The predicted molar refractivity (Wildman–Crippen MR) is 86.8 cm³/mol. The Kier molecular flexibility index (Phi) is 5.23. The Morgan fingerprint density at radius 2 is 1.23 bits per heavy atom. The fraction of sp³-hybridized carbons (Fsp3) is 0.875. The van der Waals surface area contributed by atoms with Gasteiger partial charge in [0.15, 0.2) is 0 Å². The van der Waals surface area contributed by atoms with Crippen LogP contribution in [0, 0.1) is 23.7 Å². The van der Waals surface area contributed by atoms with Gasteiger partial charge in [-0.15, -0.1) is 0 Å². The second-order valence-electron chi connectivity index (χ2n) is 7.48. The summed E-state index contributed by atoms with van der Waals surface area (Å²) >= 11 is 4.84. The van der Waals surface area contributed by atoms with Crippen LogP contribution in [0.5, 0.6) is 0 Å². The molecule has 4 nitrogen and oxygen atoms in total. The fourth-order valence-corrected chi connectivity index (χ4v) is 6.19.